The summed E-state index contributed by atoms with van der Waals surface area (Å²) in [5, 5.41) is 8.02. The maximum absolute atomic E-state index is 12.6. The van der Waals surface area contributed by atoms with Crippen molar-refractivity contribution in [3.8, 4) is 0 Å². The average molecular weight is 360 g/mol. The van der Waals surface area contributed by atoms with Gasteiger partial charge in [-0.25, -0.2) is 0 Å². The van der Waals surface area contributed by atoms with Gasteiger partial charge in [0, 0.05) is 45.1 Å². The quantitative estimate of drug-likeness (QED) is 0.644. The van der Waals surface area contributed by atoms with E-state index in [4.69, 9.17) is 4.74 Å². The average Bonchev–Trinajstić information content (AvgIpc) is 2.66. The molecular formula is C21H33N3O2. The third kappa shape index (κ3) is 6.15. The van der Waals surface area contributed by atoms with Crippen LogP contribution >= 0.6 is 0 Å². The summed E-state index contributed by atoms with van der Waals surface area (Å²) in [6, 6.07) is 5.73. The predicted molar refractivity (Wildman–Crippen MR) is 107 cm³/mol. The highest BCUT2D eigenvalue weighted by Gasteiger charge is 2.19. The monoisotopic (exact) mass is 359 g/mol. The van der Waals surface area contributed by atoms with Gasteiger partial charge in [0.25, 0.3) is 5.91 Å². The van der Waals surface area contributed by atoms with Crippen LogP contribution in [0.4, 0.5) is 0 Å². The van der Waals surface area contributed by atoms with Crippen molar-refractivity contribution in [2.75, 3.05) is 46.4 Å². The summed E-state index contributed by atoms with van der Waals surface area (Å²) in [5.41, 5.74) is 0.661. The third-order valence-electron chi connectivity index (χ3n) is 5.00. The van der Waals surface area contributed by atoms with E-state index in [0.29, 0.717) is 11.5 Å². The van der Waals surface area contributed by atoms with E-state index in [1.165, 1.54) is 0 Å². The van der Waals surface area contributed by atoms with Gasteiger partial charge in [-0.1, -0.05) is 18.7 Å². The molecule has 144 valence electrons. The largest absolute Gasteiger partial charge is 0.391 e. The van der Waals surface area contributed by atoms with Crippen molar-refractivity contribution in [3.63, 3.8) is 0 Å². The number of carbonyl (C=O) groups excluding carboxylic acids is 1. The number of hydrogen-bond donors (Lipinski definition) is 2. The number of piperidine rings is 1. The Morgan fingerprint density at radius 2 is 2.15 bits per heavy atom. The van der Waals surface area contributed by atoms with E-state index in [9.17, 15) is 4.79 Å². The predicted octanol–water partition coefficient (Wildman–Crippen LogP) is 0.923. The van der Waals surface area contributed by atoms with E-state index in [0.717, 1.165) is 69.0 Å². The molecule has 26 heavy (non-hydrogen) atoms. The Balaban J connectivity index is 1.82. The molecule has 5 heteroatoms. The number of likely N-dealkylation sites (tertiary alicyclic amines) is 1. The third-order valence-corrected chi connectivity index (χ3v) is 5.00. The number of amides is 1. The van der Waals surface area contributed by atoms with Crippen LogP contribution in [0.3, 0.4) is 0 Å². The number of benzene rings is 1. The first-order valence-electron chi connectivity index (χ1n) is 9.66. The van der Waals surface area contributed by atoms with Gasteiger partial charge in [0.1, 0.15) is 0 Å². The van der Waals surface area contributed by atoms with E-state index < -0.39 is 0 Å². The van der Waals surface area contributed by atoms with Crippen LogP contribution in [0.5, 0.6) is 0 Å². The Hall–Kier alpha value is -1.85. The van der Waals surface area contributed by atoms with Gasteiger partial charge in [-0.3, -0.25) is 4.79 Å². The van der Waals surface area contributed by atoms with Crippen LogP contribution in [0.2, 0.25) is 0 Å². The summed E-state index contributed by atoms with van der Waals surface area (Å²) in [7, 11) is 1.75. The second-order valence-electron chi connectivity index (χ2n) is 6.92. The van der Waals surface area contributed by atoms with Crippen LogP contribution in [-0.2, 0) is 4.74 Å². The number of hydrogen-bond acceptors (Lipinski definition) is 4. The number of carbonyl (C=O) groups is 1. The maximum atomic E-state index is 12.6. The summed E-state index contributed by atoms with van der Waals surface area (Å²) in [4.78, 5) is 15.1. The highest BCUT2D eigenvalue weighted by atomic mass is 16.5. The highest BCUT2D eigenvalue weighted by molar-refractivity contribution is 5.94. The van der Waals surface area contributed by atoms with Gasteiger partial charge in [0.2, 0.25) is 0 Å². The molecule has 1 aliphatic heterocycles. The number of rotatable bonds is 9. The van der Waals surface area contributed by atoms with Crippen LogP contribution in [0.1, 0.15) is 36.5 Å². The van der Waals surface area contributed by atoms with E-state index >= 15 is 0 Å². The zero-order chi connectivity index (χ0) is 18.8. The Morgan fingerprint density at radius 3 is 2.85 bits per heavy atom. The van der Waals surface area contributed by atoms with Crippen molar-refractivity contribution in [1.82, 2.24) is 15.5 Å². The summed E-state index contributed by atoms with van der Waals surface area (Å²) in [5.74, 6) is 0.534. The van der Waals surface area contributed by atoms with E-state index in [2.05, 4.69) is 22.1 Å². The van der Waals surface area contributed by atoms with Crippen LogP contribution < -0.4 is 21.1 Å². The molecule has 0 aromatic heterocycles. The SMILES string of the molecule is C=c1c(C(=O)NCC2CCN(CCCOC)CC2)ccc/c1=C/NCC. The first-order chi connectivity index (χ1) is 12.7. The molecule has 1 fully saturated rings. The van der Waals surface area contributed by atoms with Crippen molar-refractivity contribution in [1.29, 1.82) is 0 Å². The second kappa shape index (κ2) is 11.0. The highest BCUT2D eigenvalue weighted by Crippen LogP contribution is 2.16. The molecule has 1 amide bonds. The minimum atomic E-state index is -0.0238. The zero-order valence-corrected chi connectivity index (χ0v) is 16.2. The van der Waals surface area contributed by atoms with Gasteiger partial charge in [-0.2, -0.15) is 0 Å². The van der Waals surface area contributed by atoms with Crippen molar-refractivity contribution >= 4 is 18.7 Å². The molecule has 0 aliphatic carbocycles. The number of methoxy groups -OCH3 is 1. The lowest BCUT2D eigenvalue weighted by Crippen LogP contribution is -2.41. The van der Waals surface area contributed by atoms with E-state index in [-0.39, 0.29) is 5.91 Å². The van der Waals surface area contributed by atoms with Crippen LogP contribution in [-0.4, -0.2) is 57.2 Å². The molecule has 2 rings (SSSR count). The van der Waals surface area contributed by atoms with Gasteiger partial charge < -0.3 is 20.3 Å². The molecule has 1 aromatic rings. The van der Waals surface area contributed by atoms with Crippen molar-refractivity contribution < 1.29 is 9.53 Å². The lowest BCUT2D eigenvalue weighted by Gasteiger charge is -2.31. The van der Waals surface area contributed by atoms with Crippen LogP contribution in [0.15, 0.2) is 18.2 Å². The van der Waals surface area contributed by atoms with Gasteiger partial charge in [-0.15, -0.1) is 0 Å². The number of ether oxygens (including phenoxy) is 1. The molecule has 0 spiro atoms. The Labute approximate surface area is 157 Å². The molecule has 1 aromatic carbocycles. The normalized spacial score (nSPS) is 16.6. The Bertz CT molecular complexity index is 666. The summed E-state index contributed by atoms with van der Waals surface area (Å²) >= 11 is 0. The Morgan fingerprint density at radius 1 is 1.38 bits per heavy atom. The van der Waals surface area contributed by atoms with Crippen molar-refractivity contribution in [3.05, 3.63) is 34.2 Å². The summed E-state index contributed by atoms with van der Waals surface area (Å²) < 4.78 is 5.12. The molecule has 0 unspecified atom stereocenters. The zero-order valence-electron chi connectivity index (χ0n) is 16.2. The molecule has 0 atom stereocenters. The maximum Gasteiger partial charge on any atom is 0.251 e. The number of nitrogens with zero attached hydrogens (tertiary/aromatic N) is 1. The standard InChI is InChI=1S/C21H33N3O2/c1-4-22-16-19-7-5-8-20(17(19)2)21(25)23-15-18-9-12-24(13-10-18)11-6-14-26-3/h5,7-8,16,18,22H,2,4,6,9-15H2,1,3H3,(H,23,25)/b19-16-. The van der Waals surface area contributed by atoms with Gasteiger partial charge >= 0.3 is 0 Å². The smallest absolute Gasteiger partial charge is 0.251 e. The second-order valence-corrected chi connectivity index (χ2v) is 6.92. The molecule has 0 bridgehead atoms. The van der Waals surface area contributed by atoms with Crippen molar-refractivity contribution in [2.45, 2.75) is 26.2 Å². The fourth-order valence-electron chi connectivity index (χ4n) is 3.34. The van der Waals surface area contributed by atoms with Gasteiger partial charge in [0.05, 0.1) is 0 Å². The molecule has 5 nitrogen and oxygen atoms in total. The minimum absolute atomic E-state index is 0.0238. The lowest BCUT2D eigenvalue weighted by atomic mass is 9.96. The van der Waals surface area contributed by atoms with Crippen molar-refractivity contribution in [2.24, 2.45) is 5.92 Å². The summed E-state index contributed by atoms with van der Waals surface area (Å²) in [6.07, 6.45) is 5.28. The van der Waals surface area contributed by atoms with Crippen LogP contribution in [0, 0.1) is 5.92 Å². The molecule has 1 saturated heterocycles. The first-order valence-corrected chi connectivity index (χ1v) is 9.66. The van der Waals surface area contributed by atoms with E-state index in [1.54, 1.807) is 7.11 Å². The molecule has 2 N–H and O–H groups in total. The fourth-order valence-corrected chi connectivity index (χ4v) is 3.34. The molecule has 1 aliphatic rings. The fraction of sp³-hybridized carbons (Fsp3) is 0.571. The molecule has 0 saturated carbocycles. The summed E-state index contributed by atoms with van der Waals surface area (Å²) in [6.45, 7) is 11.9. The molecule has 1 heterocycles. The molecular weight excluding hydrogens is 326 g/mol. The van der Waals surface area contributed by atoms with Gasteiger partial charge in [0.15, 0.2) is 0 Å². The van der Waals surface area contributed by atoms with Crippen LogP contribution in [0.25, 0.3) is 12.8 Å². The minimum Gasteiger partial charge on any atom is -0.391 e. The van der Waals surface area contributed by atoms with E-state index in [1.807, 2.05) is 31.3 Å². The van der Waals surface area contributed by atoms with Gasteiger partial charge in [-0.05, 0) is 61.7 Å². The molecule has 0 radical (unpaired) electrons. The number of nitrogens with one attached hydrogen (secondary N) is 2. The Kier molecular flexibility index (Phi) is 8.65. The first kappa shape index (κ1) is 20.5. The lowest BCUT2D eigenvalue weighted by molar-refractivity contribution is 0.0932. The topological polar surface area (TPSA) is 53.6 Å².